The van der Waals surface area contributed by atoms with Gasteiger partial charge in [-0.05, 0) is 13.2 Å². The van der Waals surface area contributed by atoms with Gasteiger partial charge in [0.15, 0.2) is 6.29 Å². The number of rotatable bonds is 6. The van der Waals surface area contributed by atoms with Crippen molar-refractivity contribution in [3.05, 3.63) is 17.0 Å². The third kappa shape index (κ3) is 4.14. The molecule has 0 saturated carbocycles. The fraction of sp³-hybridized carbons (Fsp3) is 0.500. The first-order valence-electron chi connectivity index (χ1n) is 4.91. The van der Waals surface area contributed by atoms with Crippen LogP contribution in [0.5, 0.6) is 0 Å². The smallest absolute Gasteiger partial charge is 0.156 e. The zero-order chi connectivity index (χ0) is 12.9. The Hall–Kier alpha value is -0.850. The minimum atomic E-state index is -0.878. The third-order valence-corrected chi connectivity index (χ3v) is 3.26. The minimum absolute atomic E-state index is 0.0991. The Bertz CT molecular complexity index is 401. The van der Waals surface area contributed by atoms with Crippen LogP contribution < -0.4 is 5.32 Å². The lowest BCUT2D eigenvalue weighted by Crippen LogP contribution is -2.36. The summed E-state index contributed by atoms with van der Waals surface area (Å²) in [5, 5.41) is 13.0. The molecule has 7 heteroatoms. The summed E-state index contributed by atoms with van der Waals surface area (Å²) in [5.41, 5.74) is -0.675. The summed E-state index contributed by atoms with van der Waals surface area (Å²) in [4.78, 5) is 18.5. The molecule has 0 amide bonds. The van der Waals surface area contributed by atoms with Crippen LogP contribution in [0.25, 0.3) is 0 Å². The van der Waals surface area contributed by atoms with Crippen molar-refractivity contribution in [2.75, 3.05) is 23.9 Å². The summed E-state index contributed by atoms with van der Waals surface area (Å²) in [5.74, 6) is 0.913. The lowest BCUT2D eigenvalue weighted by molar-refractivity contribution is 0.0994. The van der Waals surface area contributed by atoms with Crippen molar-refractivity contribution in [1.29, 1.82) is 0 Å². The number of aromatic nitrogens is 2. The number of aldehydes is 1. The van der Waals surface area contributed by atoms with E-state index in [1.807, 2.05) is 6.26 Å². The van der Waals surface area contributed by atoms with Gasteiger partial charge in [-0.3, -0.25) is 4.79 Å². The van der Waals surface area contributed by atoms with Gasteiger partial charge in [-0.2, -0.15) is 11.8 Å². The van der Waals surface area contributed by atoms with Crippen molar-refractivity contribution >= 4 is 35.5 Å². The van der Waals surface area contributed by atoms with E-state index in [1.54, 1.807) is 6.92 Å². The molecule has 0 bridgehead atoms. The highest BCUT2D eigenvalue weighted by Gasteiger charge is 2.20. The number of hydrogen-bond acceptors (Lipinski definition) is 6. The molecule has 0 saturated heterocycles. The van der Waals surface area contributed by atoms with Crippen molar-refractivity contribution in [2.45, 2.75) is 12.5 Å². The van der Waals surface area contributed by atoms with Gasteiger partial charge < -0.3 is 10.4 Å². The van der Waals surface area contributed by atoms with Crippen molar-refractivity contribution in [2.24, 2.45) is 0 Å². The maximum absolute atomic E-state index is 10.8. The van der Waals surface area contributed by atoms with Crippen LogP contribution in [0.1, 0.15) is 17.3 Å². The van der Waals surface area contributed by atoms with Crippen molar-refractivity contribution in [3.8, 4) is 0 Å². The van der Waals surface area contributed by atoms with Gasteiger partial charge in [0.25, 0.3) is 0 Å². The van der Waals surface area contributed by atoms with Gasteiger partial charge in [-0.25, -0.2) is 9.97 Å². The molecule has 2 N–H and O–H groups in total. The predicted molar refractivity (Wildman–Crippen MR) is 69.9 cm³/mol. The third-order valence-electron chi connectivity index (χ3n) is 2.05. The second-order valence-corrected chi connectivity index (χ2v) is 5.05. The molecule has 1 atom stereocenters. The molecular formula is C10H14ClN3O2S. The second-order valence-electron chi connectivity index (χ2n) is 3.83. The second kappa shape index (κ2) is 6.18. The van der Waals surface area contributed by atoms with Gasteiger partial charge in [-0.15, -0.1) is 0 Å². The van der Waals surface area contributed by atoms with Crippen LogP contribution in [0.4, 0.5) is 5.82 Å². The molecule has 1 heterocycles. The number of carbonyl (C=O) groups excluding carboxylic acids is 1. The molecule has 0 spiro atoms. The van der Waals surface area contributed by atoms with E-state index in [1.165, 1.54) is 18.1 Å². The molecule has 1 rings (SSSR count). The van der Waals surface area contributed by atoms with Gasteiger partial charge in [0.1, 0.15) is 17.3 Å². The highest BCUT2D eigenvalue weighted by Crippen LogP contribution is 2.18. The predicted octanol–water partition coefficient (Wildman–Crippen LogP) is 1.47. The summed E-state index contributed by atoms with van der Waals surface area (Å²) in [6.45, 7) is 1.99. The van der Waals surface area contributed by atoms with Gasteiger partial charge in [-0.1, -0.05) is 11.6 Å². The summed E-state index contributed by atoms with van der Waals surface area (Å²) in [7, 11) is 0. The first-order chi connectivity index (χ1) is 8.00. The monoisotopic (exact) mass is 275 g/mol. The van der Waals surface area contributed by atoms with Crippen LogP contribution in [-0.2, 0) is 0 Å². The largest absolute Gasteiger partial charge is 0.387 e. The van der Waals surface area contributed by atoms with E-state index < -0.39 is 5.60 Å². The van der Waals surface area contributed by atoms with Crippen molar-refractivity contribution in [1.82, 2.24) is 9.97 Å². The number of anilines is 1. The molecule has 0 aliphatic heterocycles. The molecule has 0 aromatic carbocycles. The number of aliphatic hydroxyl groups is 1. The van der Waals surface area contributed by atoms with Crippen LogP contribution in [0, 0.1) is 0 Å². The normalized spacial score (nSPS) is 14.1. The Morgan fingerprint density at radius 1 is 1.65 bits per heavy atom. The first kappa shape index (κ1) is 14.2. The number of halogens is 1. The number of nitrogens with one attached hydrogen (secondary N) is 1. The molecule has 1 aromatic rings. The van der Waals surface area contributed by atoms with Crippen LogP contribution in [-0.4, -0.2) is 45.5 Å². The Morgan fingerprint density at radius 2 is 2.35 bits per heavy atom. The van der Waals surface area contributed by atoms with Crippen LogP contribution in [0.3, 0.4) is 0 Å². The standard InChI is InChI=1S/C10H14ClN3O2S/c1-10(16,5-17-2)4-12-9-7(3-15)8(11)13-6-14-9/h3,6,16H,4-5H2,1-2H3,(H,12,13,14). The Morgan fingerprint density at radius 3 is 2.94 bits per heavy atom. The van der Waals surface area contributed by atoms with E-state index in [0.717, 1.165) is 0 Å². The molecule has 0 aliphatic rings. The zero-order valence-electron chi connectivity index (χ0n) is 9.61. The lowest BCUT2D eigenvalue weighted by atomic mass is 10.1. The molecule has 0 aliphatic carbocycles. The summed E-state index contributed by atoms with van der Waals surface area (Å²) >= 11 is 7.29. The fourth-order valence-corrected chi connectivity index (χ4v) is 2.16. The maximum atomic E-state index is 10.8. The Balaban J connectivity index is 2.76. The van der Waals surface area contributed by atoms with E-state index in [9.17, 15) is 9.90 Å². The van der Waals surface area contributed by atoms with E-state index in [2.05, 4.69) is 15.3 Å². The first-order valence-corrected chi connectivity index (χ1v) is 6.68. The topological polar surface area (TPSA) is 75.1 Å². The van der Waals surface area contributed by atoms with Crippen LogP contribution in [0.15, 0.2) is 6.33 Å². The van der Waals surface area contributed by atoms with Gasteiger partial charge in [0, 0.05) is 12.3 Å². The average molecular weight is 276 g/mol. The number of carbonyl (C=O) groups is 1. The van der Waals surface area contributed by atoms with E-state index in [0.29, 0.717) is 17.9 Å². The molecule has 0 radical (unpaired) electrons. The molecule has 1 aromatic heterocycles. The molecule has 1 unspecified atom stereocenters. The highest BCUT2D eigenvalue weighted by atomic mass is 35.5. The Kier molecular flexibility index (Phi) is 5.17. The number of nitrogens with zero attached hydrogens (tertiary/aromatic N) is 2. The van der Waals surface area contributed by atoms with Gasteiger partial charge >= 0.3 is 0 Å². The number of hydrogen-bond donors (Lipinski definition) is 2. The van der Waals surface area contributed by atoms with E-state index in [-0.39, 0.29) is 17.3 Å². The average Bonchev–Trinajstić information content (AvgIpc) is 2.26. The minimum Gasteiger partial charge on any atom is -0.387 e. The molecule has 5 nitrogen and oxygen atoms in total. The van der Waals surface area contributed by atoms with E-state index in [4.69, 9.17) is 11.6 Å². The van der Waals surface area contributed by atoms with Crippen molar-refractivity contribution in [3.63, 3.8) is 0 Å². The van der Waals surface area contributed by atoms with Gasteiger partial charge in [0.05, 0.1) is 11.2 Å². The lowest BCUT2D eigenvalue weighted by Gasteiger charge is -2.23. The number of thioether (sulfide) groups is 1. The molecular weight excluding hydrogens is 262 g/mol. The quantitative estimate of drug-likeness (QED) is 0.605. The molecule has 0 fully saturated rings. The zero-order valence-corrected chi connectivity index (χ0v) is 11.2. The Labute approximate surface area is 109 Å². The fourth-order valence-electron chi connectivity index (χ4n) is 1.26. The van der Waals surface area contributed by atoms with E-state index >= 15 is 0 Å². The van der Waals surface area contributed by atoms with Gasteiger partial charge in [0.2, 0.25) is 0 Å². The highest BCUT2D eigenvalue weighted by molar-refractivity contribution is 7.98. The SMILES string of the molecule is CSCC(C)(O)CNc1ncnc(Cl)c1C=O. The van der Waals surface area contributed by atoms with Crippen LogP contribution in [0.2, 0.25) is 5.15 Å². The summed E-state index contributed by atoms with van der Waals surface area (Å²) in [6.07, 6.45) is 3.77. The molecule has 17 heavy (non-hydrogen) atoms. The van der Waals surface area contributed by atoms with Crippen LogP contribution >= 0.6 is 23.4 Å². The summed E-state index contributed by atoms with van der Waals surface area (Å²) in [6, 6.07) is 0. The molecule has 94 valence electrons. The van der Waals surface area contributed by atoms with Crippen molar-refractivity contribution < 1.29 is 9.90 Å². The maximum Gasteiger partial charge on any atom is 0.156 e. The summed E-state index contributed by atoms with van der Waals surface area (Å²) < 4.78 is 0.